The Hall–Kier alpha value is -3.21. The molecule has 9 nitrogen and oxygen atoms in total. The van der Waals surface area contributed by atoms with E-state index in [0.717, 1.165) is 16.8 Å². The summed E-state index contributed by atoms with van der Waals surface area (Å²) in [6.07, 6.45) is 0.671. The minimum absolute atomic E-state index is 0.155. The van der Waals surface area contributed by atoms with Crippen molar-refractivity contribution in [2.24, 2.45) is 0 Å². The SMILES string of the molecule is COCCCNC(=O)CN1C(=O)CS[C@@H](c2ccc(OC)c(OC)c2)c2c(C(C)(C)C)nn(-c3ccccc3Cl)c21. The Balaban J connectivity index is 1.94. The topological polar surface area (TPSA) is 94.9 Å². The number of rotatable bonds is 10. The van der Waals surface area contributed by atoms with E-state index in [4.69, 9.17) is 30.9 Å². The first kappa shape index (κ1) is 30.7. The molecule has 2 aromatic carbocycles. The summed E-state index contributed by atoms with van der Waals surface area (Å²) < 4.78 is 17.9. The smallest absolute Gasteiger partial charge is 0.240 e. The highest BCUT2D eigenvalue weighted by molar-refractivity contribution is 8.00. The summed E-state index contributed by atoms with van der Waals surface area (Å²) in [5, 5.41) is 8.19. The van der Waals surface area contributed by atoms with Crippen LogP contribution in [0.2, 0.25) is 5.02 Å². The third-order valence-corrected chi connectivity index (χ3v) is 8.31. The van der Waals surface area contributed by atoms with Gasteiger partial charge in [0.05, 0.1) is 41.6 Å². The van der Waals surface area contributed by atoms with Crippen LogP contribution in [0.3, 0.4) is 0 Å². The molecule has 11 heteroatoms. The molecule has 0 bridgehead atoms. The molecule has 2 amide bonds. The predicted molar refractivity (Wildman–Crippen MR) is 163 cm³/mol. The summed E-state index contributed by atoms with van der Waals surface area (Å²) in [6.45, 7) is 7.08. The molecule has 0 unspecified atom stereocenters. The molecule has 220 valence electrons. The number of para-hydroxylation sites is 1. The minimum Gasteiger partial charge on any atom is -0.493 e. The molecule has 2 heterocycles. The van der Waals surface area contributed by atoms with E-state index in [2.05, 4.69) is 26.1 Å². The standard InChI is InChI=1S/C30H37ClN4O5S/c1-30(2,3)28-26-27(19-12-13-22(39-5)23(16-19)40-6)41-18-25(37)34(17-24(36)32-14-9-15-38-4)29(26)35(33-28)21-11-8-7-10-20(21)31/h7-8,10-13,16,27H,9,14-15,17-18H2,1-6H3,(H,32,36)/t27-/m0/s1. The zero-order valence-corrected chi connectivity index (χ0v) is 25.9. The molecular formula is C30H37ClN4O5S. The van der Waals surface area contributed by atoms with Crippen LogP contribution in [0.5, 0.6) is 11.5 Å². The largest absolute Gasteiger partial charge is 0.493 e. The number of anilines is 1. The second-order valence-electron chi connectivity index (χ2n) is 10.7. The van der Waals surface area contributed by atoms with Crippen LogP contribution in [0.1, 0.15) is 49.3 Å². The van der Waals surface area contributed by atoms with E-state index in [1.165, 1.54) is 11.8 Å². The van der Waals surface area contributed by atoms with Gasteiger partial charge >= 0.3 is 0 Å². The Morgan fingerprint density at radius 3 is 2.51 bits per heavy atom. The van der Waals surface area contributed by atoms with Crippen molar-refractivity contribution in [3.63, 3.8) is 0 Å². The molecule has 1 aliphatic rings. The molecule has 41 heavy (non-hydrogen) atoms. The highest BCUT2D eigenvalue weighted by Crippen LogP contribution is 2.49. The van der Waals surface area contributed by atoms with Gasteiger partial charge in [-0.25, -0.2) is 4.68 Å². The molecule has 0 fully saturated rings. The van der Waals surface area contributed by atoms with Gasteiger partial charge in [-0.15, -0.1) is 11.8 Å². The second kappa shape index (κ2) is 13.2. The number of hydrogen-bond acceptors (Lipinski definition) is 7. The number of carbonyl (C=O) groups excluding carboxylic acids is 2. The molecule has 0 spiro atoms. The molecule has 1 atom stereocenters. The third kappa shape index (κ3) is 6.66. The first-order chi connectivity index (χ1) is 19.6. The van der Waals surface area contributed by atoms with E-state index >= 15 is 0 Å². The van der Waals surface area contributed by atoms with E-state index in [-0.39, 0.29) is 29.4 Å². The fraction of sp³-hybridized carbons (Fsp3) is 0.433. The molecule has 0 aliphatic carbocycles. The van der Waals surface area contributed by atoms with Gasteiger partial charge in [-0.3, -0.25) is 14.5 Å². The number of nitrogens with zero attached hydrogens (tertiary/aromatic N) is 3. The maximum atomic E-state index is 13.8. The summed E-state index contributed by atoms with van der Waals surface area (Å²) in [6, 6.07) is 13.1. The van der Waals surface area contributed by atoms with Crippen LogP contribution in [0, 0.1) is 0 Å². The molecular weight excluding hydrogens is 564 g/mol. The van der Waals surface area contributed by atoms with E-state index in [9.17, 15) is 9.59 Å². The third-order valence-electron chi connectivity index (χ3n) is 6.74. The number of thioether (sulfide) groups is 1. The lowest BCUT2D eigenvalue weighted by atomic mass is 9.87. The van der Waals surface area contributed by atoms with E-state index in [0.29, 0.717) is 47.6 Å². The number of amides is 2. The number of hydrogen-bond donors (Lipinski definition) is 1. The lowest BCUT2D eigenvalue weighted by Crippen LogP contribution is -2.42. The fourth-order valence-electron chi connectivity index (χ4n) is 4.79. The van der Waals surface area contributed by atoms with Gasteiger partial charge in [-0.2, -0.15) is 5.10 Å². The minimum atomic E-state index is -0.395. The van der Waals surface area contributed by atoms with Crippen LogP contribution in [0.4, 0.5) is 5.82 Å². The summed E-state index contributed by atoms with van der Waals surface area (Å²) in [4.78, 5) is 28.5. The van der Waals surface area contributed by atoms with Gasteiger partial charge in [0.2, 0.25) is 11.8 Å². The zero-order chi connectivity index (χ0) is 29.7. The van der Waals surface area contributed by atoms with Crippen LogP contribution >= 0.6 is 23.4 Å². The first-order valence-electron chi connectivity index (χ1n) is 13.4. The maximum absolute atomic E-state index is 13.8. The molecule has 0 radical (unpaired) electrons. The number of methoxy groups -OCH3 is 3. The van der Waals surface area contributed by atoms with Crippen LogP contribution in [0.15, 0.2) is 42.5 Å². The highest BCUT2D eigenvalue weighted by Gasteiger charge is 2.40. The summed E-state index contributed by atoms with van der Waals surface area (Å²) >= 11 is 8.19. The van der Waals surface area contributed by atoms with Crippen molar-refractivity contribution >= 4 is 41.0 Å². The number of aromatic nitrogens is 2. The van der Waals surface area contributed by atoms with Crippen molar-refractivity contribution < 1.29 is 23.8 Å². The molecule has 1 N–H and O–H groups in total. The molecule has 1 aliphatic heterocycles. The Morgan fingerprint density at radius 1 is 1.12 bits per heavy atom. The molecule has 0 saturated carbocycles. The average Bonchev–Trinajstić information content (AvgIpc) is 3.28. The quantitative estimate of drug-likeness (QED) is 0.321. The normalized spacial score (nSPS) is 15.3. The fourth-order valence-corrected chi connectivity index (χ4v) is 6.19. The van der Waals surface area contributed by atoms with Crippen LogP contribution in [0.25, 0.3) is 5.69 Å². The second-order valence-corrected chi connectivity index (χ2v) is 12.2. The monoisotopic (exact) mass is 600 g/mol. The van der Waals surface area contributed by atoms with Crippen LogP contribution in [-0.4, -0.2) is 68.4 Å². The number of benzene rings is 2. The number of nitrogens with one attached hydrogen (secondary N) is 1. The van der Waals surface area contributed by atoms with E-state index < -0.39 is 5.41 Å². The number of ether oxygens (including phenoxy) is 3. The van der Waals surface area contributed by atoms with Crippen molar-refractivity contribution in [2.45, 2.75) is 37.9 Å². The van der Waals surface area contributed by atoms with Crippen LogP contribution < -0.4 is 19.7 Å². The van der Waals surface area contributed by atoms with Crippen LogP contribution in [-0.2, 0) is 19.7 Å². The summed E-state index contributed by atoms with van der Waals surface area (Å²) in [5.41, 5.74) is 2.81. The Bertz CT molecular complexity index is 1400. The number of carbonyl (C=O) groups is 2. The summed E-state index contributed by atoms with van der Waals surface area (Å²) in [7, 11) is 4.81. The predicted octanol–water partition coefficient (Wildman–Crippen LogP) is 5.16. The van der Waals surface area contributed by atoms with Crippen molar-refractivity contribution in [1.29, 1.82) is 0 Å². The summed E-state index contributed by atoms with van der Waals surface area (Å²) in [5.74, 6) is 1.44. The van der Waals surface area contributed by atoms with Crippen molar-refractivity contribution in [2.75, 3.05) is 51.7 Å². The number of fused-ring (bicyclic) bond motifs is 1. The number of halogens is 1. The Morgan fingerprint density at radius 2 is 1.85 bits per heavy atom. The van der Waals surface area contributed by atoms with Crippen molar-refractivity contribution in [1.82, 2.24) is 15.1 Å². The van der Waals surface area contributed by atoms with Gasteiger partial charge in [0.25, 0.3) is 0 Å². The van der Waals surface area contributed by atoms with Gasteiger partial charge in [0.15, 0.2) is 11.5 Å². The highest BCUT2D eigenvalue weighted by atomic mass is 35.5. The zero-order valence-electron chi connectivity index (χ0n) is 24.3. The van der Waals surface area contributed by atoms with Gasteiger partial charge in [-0.05, 0) is 36.2 Å². The molecule has 3 aromatic rings. The maximum Gasteiger partial charge on any atom is 0.240 e. The van der Waals surface area contributed by atoms with Gasteiger partial charge in [0, 0.05) is 31.2 Å². The Labute approximate surface area is 250 Å². The molecule has 1 aromatic heterocycles. The van der Waals surface area contributed by atoms with Gasteiger partial charge < -0.3 is 19.5 Å². The van der Waals surface area contributed by atoms with E-state index in [1.807, 2.05) is 36.4 Å². The van der Waals surface area contributed by atoms with Crippen molar-refractivity contribution in [3.05, 3.63) is 64.3 Å². The molecule has 0 saturated heterocycles. The lowest BCUT2D eigenvalue weighted by molar-refractivity contribution is -0.122. The van der Waals surface area contributed by atoms with Gasteiger partial charge in [0.1, 0.15) is 12.4 Å². The molecule has 4 rings (SSSR count). The van der Waals surface area contributed by atoms with Gasteiger partial charge in [-0.1, -0.05) is 50.6 Å². The average molecular weight is 601 g/mol. The Kier molecular flexibility index (Phi) is 9.88. The lowest BCUT2D eigenvalue weighted by Gasteiger charge is -2.25. The van der Waals surface area contributed by atoms with E-state index in [1.54, 1.807) is 37.0 Å². The van der Waals surface area contributed by atoms with Crippen molar-refractivity contribution in [3.8, 4) is 17.2 Å². The first-order valence-corrected chi connectivity index (χ1v) is 14.8.